The summed E-state index contributed by atoms with van der Waals surface area (Å²) in [7, 11) is -3.56. The molecule has 0 unspecified atom stereocenters. The van der Waals surface area contributed by atoms with Gasteiger partial charge in [0, 0.05) is 37.8 Å². The highest BCUT2D eigenvalue weighted by Crippen LogP contribution is 2.22. The van der Waals surface area contributed by atoms with Crippen molar-refractivity contribution in [3.8, 4) is 5.75 Å². The van der Waals surface area contributed by atoms with E-state index in [1.54, 1.807) is 23.1 Å². The summed E-state index contributed by atoms with van der Waals surface area (Å²) in [4.78, 5) is 14.6. The Morgan fingerprint density at radius 3 is 2.40 bits per heavy atom. The molecule has 2 aromatic carbocycles. The monoisotopic (exact) mass is 428 g/mol. The number of piperazine rings is 1. The normalized spacial score (nSPS) is 15.5. The van der Waals surface area contributed by atoms with Crippen LogP contribution in [-0.2, 0) is 14.8 Å². The van der Waals surface area contributed by atoms with E-state index < -0.39 is 10.0 Å². The standard InChI is InChI=1S/C23H28N2O4S/c1-4-29-22-8-6-5-7-20(22)10-12-23(26)24-13-15-25(16-14-24)30(27,28)21-11-9-18(2)19(3)17-21/h5-12,17H,4,13-16H2,1-3H3. The van der Waals surface area contributed by atoms with E-state index in [1.807, 2.05) is 51.1 Å². The molecule has 0 atom stereocenters. The minimum atomic E-state index is -3.56. The van der Waals surface area contributed by atoms with Crippen LogP contribution in [0.2, 0.25) is 0 Å². The number of benzene rings is 2. The zero-order valence-corrected chi connectivity index (χ0v) is 18.5. The highest BCUT2D eigenvalue weighted by atomic mass is 32.2. The van der Waals surface area contributed by atoms with E-state index in [9.17, 15) is 13.2 Å². The number of aryl methyl sites for hydroxylation is 2. The summed E-state index contributed by atoms with van der Waals surface area (Å²) in [6, 6.07) is 12.7. The molecule has 0 aliphatic carbocycles. The van der Waals surface area contributed by atoms with Gasteiger partial charge in [0.2, 0.25) is 15.9 Å². The number of amides is 1. The van der Waals surface area contributed by atoms with Gasteiger partial charge in [0.25, 0.3) is 0 Å². The summed E-state index contributed by atoms with van der Waals surface area (Å²) in [5.41, 5.74) is 2.84. The molecular formula is C23H28N2O4S. The topological polar surface area (TPSA) is 66.9 Å². The summed E-state index contributed by atoms with van der Waals surface area (Å²) in [6.45, 7) is 7.61. The number of carbonyl (C=O) groups is 1. The van der Waals surface area contributed by atoms with Gasteiger partial charge >= 0.3 is 0 Å². The van der Waals surface area contributed by atoms with Crippen molar-refractivity contribution in [2.24, 2.45) is 0 Å². The lowest BCUT2D eigenvalue weighted by molar-refractivity contribution is -0.127. The van der Waals surface area contributed by atoms with Crippen LogP contribution in [0.15, 0.2) is 53.4 Å². The zero-order valence-electron chi connectivity index (χ0n) is 17.7. The Morgan fingerprint density at radius 2 is 1.73 bits per heavy atom. The number of para-hydroxylation sites is 1. The largest absolute Gasteiger partial charge is 0.493 e. The predicted molar refractivity (Wildman–Crippen MR) is 118 cm³/mol. The Hall–Kier alpha value is -2.64. The van der Waals surface area contributed by atoms with Crippen LogP contribution in [0.5, 0.6) is 5.75 Å². The van der Waals surface area contributed by atoms with Crippen LogP contribution in [0.25, 0.3) is 6.08 Å². The maximum absolute atomic E-state index is 12.9. The van der Waals surface area contributed by atoms with E-state index in [0.717, 1.165) is 22.4 Å². The molecule has 0 bridgehead atoms. The van der Waals surface area contributed by atoms with E-state index in [1.165, 1.54) is 10.4 Å². The molecule has 1 saturated heterocycles. The highest BCUT2D eigenvalue weighted by Gasteiger charge is 2.29. The SMILES string of the molecule is CCOc1ccccc1C=CC(=O)N1CCN(S(=O)(=O)c2ccc(C)c(C)c2)CC1. The Morgan fingerprint density at radius 1 is 1.03 bits per heavy atom. The number of ether oxygens (including phenoxy) is 1. The zero-order chi connectivity index (χ0) is 21.7. The first kappa shape index (κ1) is 22.1. The number of nitrogens with zero attached hydrogens (tertiary/aromatic N) is 2. The molecule has 30 heavy (non-hydrogen) atoms. The number of hydrogen-bond acceptors (Lipinski definition) is 4. The molecule has 7 heteroatoms. The molecule has 1 amide bonds. The minimum Gasteiger partial charge on any atom is -0.493 e. The number of sulfonamides is 1. The first-order valence-corrected chi connectivity index (χ1v) is 11.5. The Balaban J connectivity index is 1.63. The van der Waals surface area contributed by atoms with Crippen molar-refractivity contribution in [2.75, 3.05) is 32.8 Å². The van der Waals surface area contributed by atoms with Gasteiger partial charge in [-0.25, -0.2) is 8.42 Å². The van der Waals surface area contributed by atoms with Gasteiger partial charge in [-0.1, -0.05) is 24.3 Å². The smallest absolute Gasteiger partial charge is 0.246 e. The van der Waals surface area contributed by atoms with Crippen molar-refractivity contribution in [2.45, 2.75) is 25.7 Å². The summed E-state index contributed by atoms with van der Waals surface area (Å²) >= 11 is 0. The van der Waals surface area contributed by atoms with E-state index in [-0.39, 0.29) is 19.0 Å². The van der Waals surface area contributed by atoms with E-state index in [0.29, 0.717) is 24.6 Å². The van der Waals surface area contributed by atoms with Gasteiger partial charge in [-0.2, -0.15) is 4.31 Å². The second kappa shape index (κ2) is 9.45. The van der Waals surface area contributed by atoms with Crippen molar-refractivity contribution in [3.63, 3.8) is 0 Å². The van der Waals surface area contributed by atoms with Gasteiger partial charge in [0.05, 0.1) is 11.5 Å². The molecule has 0 saturated carbocycles. The van der Waals surface area contributed by atoms with Gasteiger partial charge in [0.1, 0.15) is 5.75 Å². The average Bonchev–Trinajstić information content (AvgIpc) is 2.75. The van der Waals surface area contributed by atoms with Crippen molar-refractivity contribution >= 4 is 22.0 Å². The van der Waals surface area contributed by atoms with Crippen LogP contribution in [0.4, 0.5) is 0 Å². The van der Waals surface area contributed by atoms with Crippen LogP contribution in [0.3, 0.4) is 0 Å². The fourth-order valence-corrected chi connectivity index (χ4v) is 4.85. The average molecular weight is 429 g/mol. The molecule has 6 nitrogen and oxygen atoms in total. The Labute approximate surface area is 178 Å². The van der Waals surface area contributed by atoms with Gasteiger partial charge in [-0.05, 0) is 56.2 Å². The molecule has 2 aromatic rings. The first-order valence-electron chi connectivity index (χ1n) is 10.1. The predicted octanol–water partition coefficient (Wildman–Crippen LogP) is 3.25. The second-order valence-corrected chi connectivity index (χ2v) is 9.22. The van der Waals surface area contributed by atoms with Gasteiger partial charge in [0.15, 0.2) is 0 Å². The number of rotatable bonds is 6. The molecule has 0 N–H and O–H groups in total. The molecule has 1 aliphatic rings. The molecular weight excluding hydrogens is 400 g/mol. The molecule has 0 aromatic heterocycles. The third kappa shape index (κ3) is 4.91. The van der Waals surface area contributed by atoms with Crippen LogP contribution in [0, 0.1) is 13.8 Å². The maximum Gasteiger partial charge on any atom is 0.246 e. The van der Waals surface area contributed by atoms with E-state index >= 15 is 0 Å². The minimum absolute atomic E-state index is 0.135. The molecule has 0 radical (unpaired) electrons. The third-order valence-electron chi connectivity index (χ3n) is 5.29. The number of hydrogen-bond donors (Lipinski definition) is 0. The first-order chi connectivity index (χ1) is 14.3. The van der Waals surface area contributed by atoms with Crippen LogP contribution < -0.4 is 4.74 Å². The van der Waals surface area contributed by atoms with E-state index in [2.05, 4.69) is 0 Å². The number of carbonyl (C=O) groups excluding carboxylic acids is 1. The summed E-state index contributed by atoms with van der Waals surface area (Å²) in [5, 5.41) is 0. The van der Waals surface area contributed by atoms with Crippen LogP contribution in [-0.4, -0.2) is 56.3 Å². The highest BCUT2D eigenvalue weighted by molar-refractivity contribution is 7.89. The summed E-state index contributed by atoms with van der Waals surface area (Å²) in [5.74, 6) is 0.595. The second-order valence-electron chi connectivity index (χ2n) is 7.28. The molecule has 3 rings (SSSR count). The lowest BCUT2D eigenvalue weighted by Crippen LogP contribution is -2.50. The fraction of sp³-hybridized carbons (Fsp3) is 0.348. The third-order valence-corrected chi connectivity index (χ3v) is 7.19. The van der Waals surface area contributed by atoms with Crippen molar-refractivity contribution in [1.29, 1.82) is 0 Å². The lowest BCUT2D eigenvalue weighted by Gasteiger charge is -2.33. The molecule has 1 aliphatic heterocycles. The van der Waals surface area contributed by atoms with Gasteiger partial charge in [-0.15, -0.1) is 0 Å². The summed E-state index contributed by atoms with van der Waals surface area (Å²) < 4.78 is 32.9. The quantitative estimate of drug-likeness (QED) is 0.663. The maximum atomic E-state index is 12.9. The van der Waals surface area contributed by atoms with Gasteiger partial charge < -0.3 is 9.64 Å². The van der Waals surface area contributed by atoms with Crippen LogP contribution in [0.1, 0.15) is 23.6 Å². The Kier molecular flexibility index (Phi) is 6.95. The molecule has 160 valence electrons. The fourth-order valence-electron chi connectivity index (χ4n) is 3.34. The molecule has 1 fully saturated rings. The summed E-state index contributed by atoms with van der Waals surface area (Å²) in [6.07, 6.45) is 3.26. The van der Waals surface area contributed by atoms with Gasteiger partial charge in [-0.3, -0.25) is 4.79 Å². The van der Waals surface area contributed by atoms with Crippen LogP contribution >= 0.6 is 0 Å². The Bertz CT molecular complexity index is 1040. The van der Waals surface area contributed by atoms with E-state index in [4.69, 9.17) is 4.74 Å². The van der Waals surface area contributed by atoms with Crippen molar-refractivity contribution in [3.05, 3.63) is 65.2 Å². The molecule has 1 heterocycles. The van der Waals surface area contributed by atoms with Crippen molar-refractivity contribution in [1.82, 2.24) is 9.21 Å². The lowest BCUT2D eigenvalue weighted by atomic mass is 10.1. The van der Waals surface area contributed by atoms with Crippen molar-refractivity contribution < 1.29 is 17.9 Å². The molecule has 0 spiro atoms.